The molecule has 0 spiro atoms. The number of rotatable bonds is 5. The molecular formula is C19H21NO4. The number of carbonyl (C=O) groups excluding carboxylic acids is 1. The second-order valence-electron chi connectivity index (χ2n) is 5.95. The third-order valence-electron chi connectivity index (χ3n) is 4.20. The van der Waals surface area contributed by atoms with Gasteiger partial charge in [0.1, 0.15) is 11.5 Å². The van der Waals surface area contributed by atoms with E-state index in [0.717, 1.165) is 22.6 Å². The van der Waals surface area contributed by atoms with Crippen molar-refractivity contribution in [2.75, 3.05) is 14.2 Å². The van der Waals surface area contributed by atoms with Crippen molar-refractivity contribution in [3.05, 3.63) is 59.7 Å². The van der Waals surface area contributed by atoms with E-state index >= 15 is 0 Å². The number of ether oxygens (including phenoxy) is 2. The highest BCUT2D eigenvalue weighted by atomic mass is 16.7. The molecular weight excluding hydrogens is 306 g/mol. The van der Waals surface area contributed by atoms with Crippen molar-refractivity contribution in [1.82, 2.24) is 5.06 Å². The predicted octanol–water partition coefficient (Wildman–Crippen LogP) is 3.13. The van der Waals surface area contributed by atoms with Gasteiger partial charge in [0.15, 0.2) is 0 Å². The molecule has 1 amide bonds. The van der Waals surface area contributed by atoms with Crippen molar-refractivity contribution in [3.8, 4) is 11.5 Å². The molecule has 2 aromatic carbocycles. The predicted molar refractivity (Wildman–Crippen MR) is 89.8 cm³/mol. The molecule has 0 saturated carbocycles. The van der Waals surface area contributed by atoms with Gasteiger partial charge in [0.05, 0.1) is 20.3 Å². The van der Waals surface area contributed by atoms with Crippen LogP contribution in [0.15, 0.2) is 48.5 Å². The number of nitrogens with zero attached hydrogens (tertiary/aromatic N) is 1. The molecule has 2 aromatic rings. The van der Waals surface area contributed by atoms with Gasteiger partial charge in [-0.2, -0.15) is 0 Å². The Labute approximate surface area is 141 Å². The molecule has 1 heterocycles. The Morgan fingerprint density at radius 1 is 0.875 bits per heavy atom. The smallest absolute Gasteiger partial charge is 0.290 e. The largest absolute Gasteiger partial charge is 0.497 e. The number of methoxy groups -OCH3 is 2. The quantitative estimate of drug-likeness (QED) is 0.846. The van der Waals surface area contributed by atoms with Gasteiger partial charge in [-0.25, -0.2) is 9.90 Å². The molecule has 1 fully saturated rings. The molecule has 1 aliphatic heterocycles. The number of hydroxylamine groups is 2. The maximum absolute atomic E-state index is 13.0. The van der Waals surface area contributed by atoms with Gasteiger partial charge in [0, 0.05) is 11.1 Å². The van der Waals surface area contributed by atoms with E-state index in [4.69, 9.17) is 14.3 Å². The Hall–Kier alpha value is -2.53. The lowest BCUT2D eigenvalue weighted by Gasteiger charge is -2.49. The van der Waals surface area contributed by atoms with Crippen molar-refractivity contribution in [2.24, 2.45) is 0 Å². The monoisotopic (exact) mass is 327 g/mol. The molecule has 0 aliphatic carbocycles. The summed E-state index contributed by atoms with van der Waals surface area (Å²) in [6, 6.07) is 14.7. The minimum Gasteiger partial charge on any atom is -0.497 e. The van der Waals surface area contributed by atoms with Gasteiger partial charge >= 0.3 is 0 Å². The fourth-order valence-corrected chi connectivity index (χ4v) is 2.85. The van der Waals surface area contributed by atoms with Crippen LogP contribution in [0.5, 0.6) is 11.5 Å². The summed E-state index contributed by atoms with van der Waals surface area (Å²) in [5, 5.41) is 1.41. The molecule has 1 saturated heterocycles. The van der Waals surface area contributed by atoms with E-state index in [2.05, 4.69) is 0 Å². The molecule has 126 valence electrons. The van der Waals surface area contributed by atoms with Crippen LogP contribution in [0.25, 0.3) is 0 Å². The molecule has 1 aliphatic rings. The van der Waals surface area contributed by atoms with Crippen LogP contribution in [-0.2, 0) is 15.2 Å². The van der Waals surface area contributed by atoms with Crippen LogP contribution in [0.1, 0.15) is 25.0 Å². The maximum Gasteiger partial charge on any atom is 0.290 e. The van der Waals surface area contributed by atoms with Crippen molar-refractivity contribution in [2.45, 2.75) is 25.5 Å². The third kappa shape index (κ3) is 2.41. The molecule has 5 nitrogen and oxygen atoms in total. The highest BCUT2D eigenvalue weighted by Gasteiger charge is 2.58. The Morgan fingerprint density at radius 2 is 1.29 bits per heavy atom. The Kier molecular flexibility index (Phi) is 4.20. The topological polar surface area (TPSA) is 48.0 Å². The summed E-state index contributed by atoms with van der Waals surface area (Å²) in [5.41, 5.74) is 0.425. The molecule has 0 bridgehead atoms. The van der Waals surface area contributed by atoms with E-state index in [1.165, 1.54) is 5.06 Å². The number of carbonyl (C=O) groups is 1. The molecule has 0 unspecified atom stereocenters. The van der Waals surface area contributed by atoms with E-state index in [1.54, 1.807) is 14.2 Å². The lowest BCUT2D eigenvalue weighted by molar-refractivity contribution is -0.310. The van der Waals surface area contributed by atoms with E-state index in [9.17, 15) is 4.79 Å². The Morgan fingerprint density at radius 3 is 1.58 bits per heavy atom. The highest BCUT2D eigenvalue weighted by molar-refractivity contribution is 5.93. The minimum absolute atomic E-state index is 0.0258. The SMILES string of the molecule is COc1ccc(C2(c3ccc(OC)cc3)ON(C(C)C)C2=O)cc1. The van der Waals surface area contributed by atoms with Crippen LogP contribution >= 0.6 is 0 Å². The van der Waals surface area contributed by atoms with E-state index in [-0.39, 0.29) is 11.9 Å². The first kappa shape index (κ1) is 16.3. The van der Waals surface area contributed by atoms with E-state index in [0.29, 0.717) is 0 Å². The Balaban J connectivity index is 2.06. The van der Waals surface area contributed by atoms with Gasteiger partial charge < -0.3 is 9.47 Å². The van der Waals surface area contributed by atoms with E-state index in [1.807, 2.05) is 62.4 Å². The molecule has 3 rings (SSSR count). The van der Waals surface area contributed by atoms with Crippen LogP contribution in [0.2, 0.25) is 0 Å². The van der Waals surface area contributed by atoms with Crippen LogP contribution in [-0.4, -0.2) is 31.2 Å². The Bertz CT molecular complexity index is 675. The summed E-state index contributed by atoms with van der Waals surface area (Å²) >= 11 is 0. The summed E-state index contributed by atoms with van der Waals surface area (Å²) in [5.74, 6) is 1.39. The zero-order valence-electron chi connectivity index (χ0n) is 14.3. The first-order valence-corrected chi connectivity index (χ1v) is 7.84. The van der Waals surface area contributed by atoms with Gasteiger partial charge in [-0.15, -0.1) is 0 Å². The summed E-state index contributed by atoms with van der Waals surface area (Å²) in [7, 11) is 3.22. The van der Waals surface area contributed by atoms with Gasteiger partial charge in [0.25, 0.3) is 5.91 Å². The summed E-state index contributed by atoms with van der Waals surface area (Å²) in [6.07, 6.45) is 0. The lowest BCUT2D eigenvalue weighted by atomic mass is 9.83. The van der Waals surface area contributed by atoms with E-state index < -0.39 is 5.60 Å². The molecule has 0 atom stereocenters. The molecule has 0 radical (unpaired) electrons. The normalized spacial score (nSPS) is 16.0. The number of amides is 1. The minimum atomic E-state index is -1.12. The van der Waals surface area contributed by atoms with Crippen molar-refractivity contribution in [1.29, 1.82) is 0 Å². The van der Waals surface area contributed by atoms with Crippen LogP contribution in [0.3, 0.4) is 0 Å². The molecule has 0 aromatic heterocycles. The van der Waals surface area contributed by atoms with Gasteiger partial charge in [0.2, 0.25) is 5.60 Å². The van der Waals surface area contributed by atoms with Crippen LogP contribution in [0.4, 0.5) is 0 Å². The first-order valence-electron chi connectivity index (χ1n) is 7.84. The molecule has 0 N–H and O–H groups in total. The van der Waals surface area contributed by atoms with Crippen molar-refractivity contribution >= 4 is 5.91 Å². The second kappa shape index (κ2) is 6.17. The third-order valence-corrected chi connectivity index (χ3v) is 4.20. The standard InChI is InChI=1S/C19H21NO4/c1-13(2)20-18(21)19(24-20,14-5-9-16(22-3)10-6-14)15-7-11-17(23-4)12-8-15/h5-13H,1-4H3. The average molecular weight is 327 g/mol. The van der Waals surface area contributed by atoms with Crippen LogP contribution < -0.4 is 9.47 Å². The van der Waals surface area contributed by atoms with Crippen LogP contribution in [0, 0.1) is 0 Å². The summed E-state index contributed by atoms with van der Waals surface area (Å²) < 4.78 is 10.4. The van der Waals surface area contributed by atoms with Gasteiger partial charge in [-0.1, -0.05) is 24.3 Å². The zero-order valence-corrected chi connectivity index (χ0v) is 14.3. The fraction of sp³-hybridized carbons (Fsp3) is 0.316. The number of hydrogen-bond acceptors (Lipinski definition) is 4. The summed E-state index contributed by atoms with van der Waals surface area (Å²) in [6.45, 7) is 3.84. The average Bonchev–Trinajstić information content (AvgIpc) is 2.61. The highest BCUT2D eigenvalue weighted by Crippen LogP contribution is 2.45. The van der Waals surface area contributed by atoms with Gasteiger partial charge in [-0.3, -0.25) is 4.79 Å². The lowest BCUT2D eigenvalue weighted by Crippen LogP contribution is -2.64. The summed E-state index contributed by atoms with van der Waals surface area (Å²) in [4.78, 5) is 19.0. The number of hydrogen-bond donors (Lipinski definition) is 0. The number of benzene rings is 2. The fourth-order valence-electron chi connectivity index (χ4n) is 2.85. The molecule has 24 heavy (non-hydrogen) atoms. The molecule has 5 heteroatoms. The zero-order chi connectivity index (χ0) is 17.3. The van der Waals surface area contributed by atoms with Gasteiger partial charge in [-0.05, 0) is 38.1 Å². The van der Waals surface area contributed by atoms with Crippen molar-refractivity contribution < 1.29 is 19.1 Å². The second-order valence-corrected chi connectivity index (χ2v) is 5.95. The first-order chi connectivity index (χ1) is 11.5. The van der Waals surface area contributed by atoms with Crippen molar-refractivity contribution in [3.63, 3.8) is 0 Å². The maximum atomic E-state index is 13.0.